The molecule has 0 bridgehead atoms. The molecule has 0 radical (unpaired) electrons. The molecular formula is C28H26FN5O2. The van der Waals surface area contributed by atoms with Gasteiger partial charge in [0.25, 0.3) is 5.56 Å². The number of carbonyl (C=O) groups excluding carboxylic acids is 1. The summed E-state index contributed by atoms with van der Waals surface area (Å²) in [4.78, 5) is 29.9. The SMILES string of the molecule is CCCc1c(Cc2ccc(-c3ccccc3C#N)cc2F)c(=O)n(C2CC(C(C)=O)C2)c2ncnn12. The first-order valence-corrected chi connectivity index (χ1v) is 12.2. The van der Waals surface area contributed by atoms with Gasteiger partial charge in [0, 0.05) is 23.9 Å². The number of benzene rings is 2. The number of hydrogen-bond acceptors (Lipinski definition) is 5. The second-order valence-electron chi connectivity index (χ2n) is 9.40. The lowest BCUT2D eigenvalue weighted by atomic mass is 9.77. The highest BCUT2D eigenvalue weighted by Crippen LogP contribution is 2.38. The van der Waals surface area contributed by atoms with E-state index in [0.29, 0.717) is 52.9 Å². The van der Waals surface area contributed by atoms with Crippen LogP contribution in [0.5, 0.6) is 0 Å². The molecule has 0 amide bonds. The summed E-state index contributed by atoms with van der Waals surface area (Å²) in [5.41, 5.74) is 3.15. The number of halogens is 1. The maximum atomic E-state index is 15.4. The standard InChI is InChI=1S/C28H26FN5O2/c1-3-6-26-24(13-19-10-9-18(14-25(19)29)23-8-5-4-7-20(23)15-30)27(36)33(28-31-16-32-34(26)28)22-11-21(12-22)17(2)35/h4-5,7-10,14,16,21-22H,3,6,11-13H2,1-2H3. The quantitative estimate of drug-likeness (QED) is 0.381. The minimum Gasteiger partial charge on any atom is -0.300 e. The van der Waals surface area contributed by atoms with E-state index in [1.54, 1.807) is 46.3 Å². The van der Waals surface area contributed by atoms with Gasteiger partial charge in [0.05, 0.1) is 17.3 Å². The van der Waals surface area contributed by atoms with Crippen molar-refractivity contribution in [2.75, 3.05) is 0 Å². The summed E-state index contributed by atoms with van der Waals surface area (Å²) in [7, 11) is 0. The van der Waals surface area contributed by atoms with Crippen molar-refractivity contribution in [3.05, 3.63) is 87.3 Å². The van der Waals surface area contributed by atoms with Crippen molar-refractivity contribution in [1.29, 1.82) is 5.26 Å². The third-order valence-electron chi connectivity index (χ3n) is 7.15. The zero-order chi connectivity index (χ0) is 25.4. The first-order chi connectivity index (χ1) is 17.4. The maximum Gasteiger partial charge on any atom is 0.259 e. The molecule has 0 aliphatic heterocycles. The van der Waals surface area contributed by atoms with Gasteiger partial charge in [0.15, 0.2) is 0 Å². The minimum atomic E-state index is -0.437. The molecule has 7 nitrogen and oxygen atoms in total. The number of aryl methyl sites for hydroxylation is 1. The van der Waals surface area contributed by atoms with E-state index in [4.69, 9.17) is 0 Å². The molecule has 1 fully saturated rings. The molecule has 0 unspecified atom stereocenters. The van der Waals surface area contributed by atoms with Gasteiger partial charge in [-0.3, -0.25) is 14.2 Å². The molecule has 2 heterocycles. The van der Waals surface area contributed by atoms with Gasteiger partial charge in [0.1, 0.15) is 17.9 Å². The van der Waals surface area contributed by atoms with Crippen LogP contribution in [0, 0.1) is 23.1 Å². The van der Waals surface area contributed by atoms with Crippen LogP contribution in [0.2, 0.25) is 0 Å². The number of carbonyl (C=O) groups is 1. The third kappa shape index (κ3) is 4.01. The predicted molar refractivity (Wildman–Crippen MR) is 133 cm³/mol. The van der Waals surface area contributed by atoms with E-state index in [0.717, 1.165) is 12.1 Å². The van der Waals surface area contributed by atoms with Crippen LogP contribution in [0.3, 0.4) is 0 Å². The molecule has 182 valence electrons. The number of hydrogen-bond donors (Lipinski definition) is 0. The summed E-state index contributed by atoms with van der Waals surface area (Å²) in [6.45, 7) is 3.59. The van der Waals surface area contributed by atoms with Crippen molar-refractivity contribution in [1.82, 2.24) is 19.2 Å². The number of nitrogens with zero attached hydrogens (tertiary/aromatic N) is 5. The van der Waals surface area contributed by atoms with Gasteiger partial charge in [-0.05, 0) is 55.0 Å². The van der Waals surface area contributed by atoms with E-state index in [9.17, 15) is 14.9 Å². The lowest BCUT2D eigenvalue weighted by Crippen LogP contribution is -2.39. The van der Waals surface area contributed by atoms with E-state index in [1.165, 1.54) is 12.4 Å². The van der Waals surface area contributed by atoms with Gasteiger partial charge in [-0.25, -0.2) is 8.91 Å². The molecule has 1 aliphatic carbocycles. The number of aromatic nitrogens is 4. The highest BCUT2D eigenvalue weighted by molar-refractivity contribution is 5.79. The molecule has 0 spiro atoms. The van der Waals surface area contributed by atoms with Crippen LogP contribution in [0.25, 0.3) is 16.9 Å². The lowest BCUT2D eigenvalue weighted by molar-refractivity contribution is -0.124. The van der Waals surface area contributed by atoms with Crippen molar-refractivity contribution < 1.29 is 9.18 Å². The van der Waals surface area contributed by atoms with Gasteiger partial charge >= 0.3 is 0 Å². The summed E-state index contributed by atoms with van der Waals surface area (Å²) in [5.74, 6) is 0.0976. The van der Waals surface area contributed by atoms with Crippen LogP contribution < -0.4 is 5.56 Å². The van der Waals surface area contributed by atoms with E-state index < -0.39 is 5.82 Å². The van der Waals surface area contributed by atoms with Crippen LogP contribution in [0.4, 0.5) is 4.39 Å². The molecule has 0 N–H and O–H groups in total. The summed E-state index contributed by atoms with van der Waals surface area (Å²) >= 11 is 0. The Balaban J connectivity index is 1.58. The fraction of sp³-hybridized carbons (Fsp3) is 0.321. The number of rotatable bonds is 7. The van der Waals surface area contributed by atoms with Gasteiger partial charge in [-0.2, -0.15) is 15.3 Å². The van der Waals surface area contributed by atoms with E-state index in [-0.39, 0.29) is 29.7 Å². The van der Waals surface area contributed by atoms with Crippen molar-refractivity contribution in [2.24, 2.45) is 5.92 Å². The third-order valence-corrected chi connectivity index (χ3v) is 7.15. The minimum absolute atomic E-state index is 0.0510. The topological polar surface area (TPSA) is 93.0 Å². The molecular weight excluding hydrogens is 457 g/mol. The van der Waals surface area contributed by atoms with Crippen molar-refractivity contribution >= 4 is 11.6 Å². The normalized spacial score (nSPS) is 17.1. The summed E-state index contributed by atoms with van der Waals surface area (Å²) in [5, 5.41) is 13.8. The molecule has 4 aromatic rings. The monoisotopic (exact) mass is 483 g/mol. The lowest BCUT2D eigenvalue weighted by Gasteiger charge is -2.35. The van der Waals surface area contributed by atoms with Crippen molar-refractivity contribution in [2.45, 2.75) is 52.0 Å². The second kappa shape index (κ2) is 9.50. The molecule has 1 aliphatic rings. The summed E-state index contributed by atoms with van der Waals surface area (Å²) in [6.07, 6.45) is 4.10. The number of ketones is 1. The Morgan fingerprint density at radius 2 is 2.00 bits per heavy atom. The molecule has 0 saturated heterocycles. The largest absolute Gasteiger partial charge is 0.300 e. The smallest absolute Gasteiger partial charge is 0.259 e. The van der Waals surface area contributed by atoms with E-state index in [2.05, 4.69) is 16.2 Å². The summed E-state index contributed by atoms with van der Waals surface area (Å²) in [6, 6.07) is 14.0. The van der Waals surface area contributed by atoms with Crippen LogP contribution in [-0.4, -0.2) is 24.9 Å². The highest BCUT2D eigenvalue weighted by Gasteiger charge is 2.36. The van der Waals surface area contributed by atoms with Gasteiger partial charge in [-0.1, -0.05) is 43.7 Å². The van der Waals surface area contributed by atoms with Crippen LogP contribution in [-0.2, 0) is 17.6 Å². The van der Waals surface area contributed by atoms with Crippen LogP contribution in [0.15, 0.2) is 53.6 Å². The fourth-order valence-electron chi connectivity index (χ4n) is 5.09. The zero-order valence-corrected chi connectivity index (χ0v) is 20.2. The zero-order valence-electron chi connectivity index (χ0n) is 20.2. The van der Waals surface area contributed by atoms with Crippen LogP contribution in [0.1, 0.15) is 61.5 Å². The maximum absolute atomic E-state index is 15.4. The molecule has 5 rings (SSSR count). The Kier molecular flexibility index (Phi) is 6.23. The number of fused-ring (bicyclic) bond motifs is 1. The molecule has 2 aromatic heterocycles. The molecule has 36 heavy (non-hydrogen) atoms. The Labute approximate surface area is 207 Å². The predicted octanol–water partition coefficient (Wildman–Crippen LogP) is 4.65. The molecule has 8 heteroatoms. The van der Waals surface area contributed by atoms with Gasteiger partial charge in [0.2, 0.25) is 5.78 Å². The Morgan fingerprint density at radius 3 is 2.69 bits per heavy atom. The number of nitriles is 1. The number of Topliss-reactive ketones (excluding diaryl/α,β-unsaturated/α-hetero) is 1. The van der Waals surface area contributed by atoms with Gasteiger partial charge in [-0.15, -0.1) is 0 Å². The highest BCUT2D eigenvalue weighted by atomic mass is 19.1. The molecule has 2 aromatic carbocycles. The van der Waals surface area contributed by atoms with Crippen molar-refractivity contribution in [3.63, 3.8) is 0 Å². The average Bonchev–Trinajstić information content (AvgIpc) is 3.32. The first kappa shape index (κ1) is 23.6. The molecule has 0 atom stereocenters. The van der Waals surface area contributed by atoms with Gasteiger partial charge < -0.3 is 0 Å². The second-order valence-corrected chi connectivity index (χ2v) is 9.40. The first-order valence-electron chi connectivity index (χ1n) is 12.2. The Hall–Kier alpha value is -4.12. The summed E-state index contributed by atoms with van der Waals surface area (Å²) < 4.78 is 18.7. The van der Waals surface area contributed by atoms with E-state index >= 15 is 4.39 Å². The van der Waals surface area contributed by atoms with Crippen LogP contribution >= 0.6 is 0 Å². The molecule has 1 saturated carbocycles. The average molecular weight is 484 g/mol. The van der Waals surface area contributed by atoms with Crippen molar-refractivity contribution in [3.8, 4) is 17.2 Å². The Morgan fingerprint density at radius 1 is 1.22 bits per heavy atom. The fourth-order valence-corrected chi connectivity index (χ4v) is 5.09. The van der Waals surface area contributed by atoms with E-state index in [1.807, 2.05) is 13.0 Å². The Bertz CT molecular complexity index is 1570.